The quantitative estimate of drug-likeness (QED) is 0.744. The normalized spacial score (nSPS) is 12.2. The highest BCUT2D eigenvalue weighted by atomic mass is 32.2. The van der Waals surface area contributed by atoms with Crippen molar-refractivity contribution in [1.82, 2.24) is 10.2 Å². The van der Waals surface area contributed by atoms with E-state index in [9.17, 15) is 4.79 Å². The van der Waals surface area contributed by atoms with Gasteiger partial charge in [0.1, 0.15) is 5.51 Å². The molecule has 3 rings (SSSR count). The van der Waals surface area contributed by atoms with Gasteiger partial charge in [-0.25, -0.2) is 0 Å². The molecule has 0 bridgehead atoms. The van der Waals surface area contributed by atoms with Crippen LogP contribution < -0.4 is 5.32 Å². The van der Waals surface area contributed by atoms with Crippen LogP contribution in [-0.4, -0.2) is 21.4 Å². The second-order valence-electron chi connectivity index (χ2n) is 4.52. The van der Waals surface area contributed by atoms with E-state index in [2.05, 4.69) is 21.6 Å². The number of carbonyl (C=O) groups excluding carboxylic acids is 1. The fourth-order valence-corrected chi connectivity index (χ4v) is 3.56. The number of nitrogens with one attached hydrogen (secondary N) is 1. The van der Waals surface area contributed by atoms with Crippen LogP contribution in [0.5, 0.6) is 0 Å². The van der Waals surface area contributed by atoms with E-state index in [-0.39, 0.29) is 11.2 Å². The maximum atomic E-state index is 12.2. The molecule has 0 aliphatic carbocycles. The summed E-state index contributed by atoms with van der Waals surface area (Å²) >= 11 is 2.85. The Morgan fingerprint density at radius 2 is 2.05 bits per heavy atom. The van der Waals surface area contributed by atoms with Gasteiger partial charge in [-0.2, -0.15) is 0 Å². The Kier molecular flexibility index (Phi) is 4.17. The molecule has 2 aromatic carbocycles. The van der Waals surface area contributed by atoms with Crippen molar-refractivity contribution < 1.29 is 4.79 Å². The van der Waals surface area contributed by atoms with Gasteiger partial charge in [0.2, 0.25) is 5.91 Å². The third-order valence-electron chi connectivity index (χ3n) is 3.00. The summed E-state index contributed by atoms with van der Waals surface area (Å²) in [4.78, 5) is 12.2. The first-order valence-electron chi connectivity index (χ1n) is 6.45. The van der Waals surface area contributed by atoms with Gasteiger partial charge in [0, 0.05) is 5.69 Å². The van der Waals surface area contributed by atoms with Crippen LogP contribution in [0.3, 0.4) is 0 Å². The largest absolute Gasteiger partial charge is 0.325 e. The zero-order chi connectivity index (χ0) is 14.7. The molecule has 0 spiro atoms. The van der Waals surface area contributed by atoms with E-state index in [1.165, 1.54) is 23.1 Å². The smallest absolute Gasteiger partial charge is 0.237 e. The van der Waals surface area contributed by atoms with Gasteiger partial charge < -0.3 is 5.32 Å². The van der Waals surface area contributed by atoms with Gasteiger partial charge in [0.25, 0.3) is 0 Å². The van der Waals surface area contributed by atoms with Gasteiger partial charge in [-0.3, -0.25) is 4.79 Å². The molecule has 106 valence electrons. The van der Waals surface area contributed by atoms with E-state index in [0.29, 0.717) is 0 Å². The minimum atomic E-state index is -0.218. The average Bonchev–Trinajstić information content (AvgIpc) is 3.00. The van der Waals surface area contributed by atoms with E-state index in [1.807, 2.05) is 43.3 Å². The first-order chi connectivity index (χ1) is 10.2. The standard InChI is InChI=1S/C15H13N3OS2/c1-10(21-15-18-16-9-20-15)14(19)17-13-7-6-11-4-2-3-5-12(11)8-13/h2-10H,1H3,(H,17,19)/t10-/m0/s1. The van der Waals surface area contributed by atoms with Crippen LogP contribution in [0.4, 0.5) is 5.69 Å². The fraction of sp³-hybridized carbons (Fsp3) is 0.133. The molecule has 4 nitrogen and oxygen atoms in total. The van der Waals surface area contributed by atoms with Gasteiger partial charge in [-0.15, -0.1) is 10.2 Å². The second-order valence-corrected chi connectivity index (χ2v) is 6.94. The van der Waals surface area contributed by atoms with Crippen molar-refractivity contribution in [1.29, 1.82) is 0 Å². The summed E-state index contributed by atoms with van der Waals surface area (Å²) in [5.74, 6) is -0.0366. The molecule has 0 unspecified atom stereocenters. The number of carbonyl (C=O) groups is 1. The van der Waals surface area contributed by atoms with Crippen LogP contribution in [-0.2, 0) is 4.79 Å². The first-order valence-corrected chi connectivity index (χ1v) is 8.21. The molecule has 6 heteroatoms. The number of rotatable bonds is 4. The molecule has 1 aromatic heterocycles. The summed E-state index contributed by atoms with van der Waals surface area (Å²) in [5.41, 5.74) is 2.47. The first kappa shape index (κ1) is 14.0. The number of anilines is 1. The van der Waals surface area contributed by atoms with Crippen molar-refractivity contribution in [3.63, 3.8) is 0 Å². The summed E-state index contributed by atoms with van der Waals surface area (Å²) in [6.07, 6.45) is 0. The molecule has 0 fully saturated rings. The number of amides is 1. The minimum absolute atomic E-state index is 0.0366. The summed E-state index contributed by atoms with van der Waals surface area (Å²) in [6, 6.07) is 14.0. The van der Waals surface area contributed by atoms with Gasteiger partial charge in [-0.1, -0.05) is 53.4 Å². The van der Waals surface area contributed by atoms with Crippen molar-refractivity contribution in [2.75, 3.05) is 5.32 Å². The van der Waals surface area contributed by atoms with Crippen molar-refractivity contribution in [3.8, 4) is 0 Å². The molecule has 0 saturated heterocycles. The lowest BCUT2D eigenvalue weighted by atomic mass is 10.1. The molecule has 1 atom stereocenters. The number of benzene rings is 2. The molecular formula is C15H13N3OS2. The number of hydrogen-bond donors (Lipinski definition) is 1. The summed E-state index contributed by atoms with van der Waals surface area (Å²) in [5, 5.41) is 12.7. The van der Waals surface area contributed by atoms with Gasteiger partial charge in [-0.05, 0) is 29.8 Å². The molecule has 0 radical (unpaired) electrons. The number of thioether (sulfide) groups is 1. The number of hydrogen-bond acceptors (Lipinski definition) is 5. The van der Waals surface area contributed by atoms with Crippen LogP contribution in [0.25, 0.3) is 10.8 Å². The molecule has 0 saturated carbocycles. The van der Waals surface area contributed by atoms with Crippen LogP contribution in [0, 0.1) is 0 Å². The third-order valence-corrected chi connectivity index (χ3v) is 4.92. The zero-order valence-electron chi connectivity index (χ0n) is 11.3. The highest BCUT2D eigenvalue weighted by Gasteiger charge is 2.16. The van der Waals surface area contributed by atoms with E-state index < -0.39 is 0 Å². The van der Waals surface area contributed by atoms with Crippen molar-refractivity contribution in [3.05, 3.63) is 48.0 Å². The Labute approximate surface area is 130 Å². The Morgan fingerprint density at radius 3 is 2.81 bits per heavy atom. The predicted octanol–water partition coefficient (Wildman–Crippen LogP) is 3.81. The van der Waals surface area contributed by atoms with Crippen LogP contribution in [0.1, 0.15) is 6.92 Å². The lowest BCUT2D eigenvalue weighted by Gasteiger charge is -2.11. The molecule has 21 heavy (non-hydrogen) atoms. The SMILES string of the molecule is C[C@H](Sc1nncs1)C(=O)Nc1ccc2ccccc2c1. The molecule has 1 heterocycles. The highest BCUT2D eigenvalue weighted by Crippen LogP contribution is 2.25. The van der Waals surface area contributed by atoms with Crippen molar-refractivity contribution in [2.24, 2.45) is 0 Å². The lowest BCUT2D eigenvalue weighted by Crippen LogP contribution is -2.22. The number of aromatic nitrogens is 2. The number of fused-ring (bicyclic) bond motifs is 1. The van der Waals surface area contributed by atoms with E-state index in [4.69, 9.17) is 0 Å². The minimum Gasteiger partial charge on any atom is -0.325 e. The Morgan fingerprint density at radius 1 is 1.24 bits per heavy atom. The highest BCUT2D eigenvalue weighted by molar-refractivity contribution is 8.02. The molecule has 3 aromatic rings. The van der Waals surface area contributed by atoms with Crippen LogP contribution >= 0.6 is 23.1 Å². The molecular weight excluding hydrogens is 302 g/mol. The van der Waals surface area contributed by atoms with Crippen LogP contribution in [0.15, 0.2) is 52.3 Å². The van der Waals surface area contributed by atoms with Gasteiger partial charge >= 0.3 is 0 Å². The summed E-state index contributed by atoms with van der Waals surface area (Å²) < 4.78 is 0.802. The summed E-state index contributed by atoms with van der Waals surface area (Å²) in [6.45, 7) is 1.86. The lowest BCUT2D eigenvalue weighted by molar-refractivity contribution is -0.115. The average molecular weight is 315 g/mol. The Balaban J connectivity index is 1.70. The monoisotopic (exact) mass is 315 g/mol. The summed E-state index contributed by atoms with van der Waals surface area (Å²) in [7, 11) is 0. The fourth-order valence-electron chi connectivity index (χ4n) is 1.93. The third kappa shape index (κ3) is 3.40. The van der Waals surface area contributed by atoms with Crippen LogP contribution in [0.2, 0.25) is 0 Å². The molecule has 0 aliphatic heterocycles. The van der Waals surface area contributed by atoms with Gasteiger partial charge in [0.05, 0.1) is 5.25 Å². The van der Waals surface area contributed by atoms with Gasteiger partial charge in [0.15, 0.2) is 4.34 Å². The molecule has 1 N–H and O–H groups in total. The Bertz CT molecular complexity index is 758. The Hall–Kier alpha value is -1.92. The van der Waals surface area contributed by atoms with E-state index >= 15 is 0 Å². The molecule has 0 aliphatic rings. The predicted molar refractivity (Wildman–Crippen MR) is 87.8 cm³/mol. The maximum Gasteiger partial charge on any atom is 0.237 e. The topological polar surface area (TPSA) is 54.9 Å². The van der Waals surface area contributed by atoms with Crippen molar-refractivity contribution >= 4 is 45.5 Å². The molecule has 1 amide bonds. The zero-order valence-corrected chi connectivity index (χ0v) is 12.9. The maximum absolute atomic E-state index is 12.2. The second kappa shape index (κ2) is 6.24. The van der Waals surface area contributed by atoms with E-state index in [1.54, 1.807) is 5.51 Å². The number of nitrogens with zero attached hydrogens (tertiary/aromatic N) is 2. The van der Waals surface area contributed by atoms with E-state index in [0.717, 1.165) is 20.8 Å². The van der Waals surface area contributed by atoms with Crippen molar-refractivity contribution in [2.45, 2.75) is 16.5 Å².